The summed E-state index contributed by atoms with van der Waals surface area (Å²) in [6.07, 6.45) is -4.73. The van der Waals surface area contributed by atoms with Crippen LogP contribution in [0.5, 0.6) is 0 Å². The van der Waals surface area contributed by atoms with Crippen LogP contribution in [-0.4, -0.2) is 58.7 Å². The number of nitrogens with one attached hydrogen (secondary N) is 1. The summed E-state index contributed by atoms with van der Waals surface area (Å²) < 4.78 is 67.8. The SMILES string of the molecule is CCC(C)c1nc(CN(CC)C(=O)C[C@H](N)CNCC(F)(F)CCC=O)c(C)c(C(F)(F)F)n1. The van der Waals surface area contributed by atoms with Crippen LogP contribution in [0.4, 0.5) is 22.0 Å². The lowest BCUT2D eigenvalue weighted by Crippen LogP contribution is -2.43. The molecule has 0 aliphatic heterocycles. The van der Waals surface area contributed by atoms with Crippen LogP contribution in [0, 0.1) is 6.92 Å². The second-order valence-corrected chi connectivity index (χ2v) is 8.37. The first kappa shape index (κ1) is 29.8. The largest absolute Gasteiger partial charge is 0.433 e. The summed E-state index contributed by atoms with van der Waals surface area (Å²) in [6, 6.07) is -0.781. The molecule has 0 fully saturated rings. The summed E-state index contributed by atoms with van der Waals surface area (Å²) in [5.41, 5.74) is 4.84. The molecular weight excluding hydrogens is 461 g/mol. The predicted molar refractivity (Wildman–Crippen MR) is 117 cm³/mol. The Balaban J connectivity index is 2.89. The van der Waals surface area contributed by atoms with Gasteiger partial charge in [0.05, 0.1) is 18.8 Å². The highest BCUT2D eigenvalue weighted by atomic mass is 19.4. The normalized spacial score (nSPS) is 14.1. The van der Waals surface area contributed by atoms with Crippen LogP contribution in [0.15, 0.2) is 0 Å². The lowest BCUT2D eigenvalue weighted by Gasteiger charge is -2.25. The van der Waals surface area contributed by atoms with Crippen LogP contribution in [0.3, 0.4) is 0 Å². The van der Waals surface area contributed by atoms with Gasteiger partial charge in [-0.15, -0.1) is 0 Å². The van der Waals surface area contributed by atoms with Gasteiger partial charge in [0.2, 0.25) is 5.91 Å². The molecule has 12 heteroatoms. The minimum absolute atomic E-state index is 0.0651. The van der Waals surface area contributed by atoms with Crippen LogP contribution in [0.1, 0.15) is 75.1 Å². The number of nitrogens with two attached hydrogens (primary N) is 1. The van der Waals surface area contributed by atoms with E-state index in [2.05, 4.69) is 15.3 Å². The van der Waals surface area contributed by atoms with Gasteiger partial charge in [-0.25, -0.2) is 18.7 Å². The first-order chi connectivity index (χ1) is 15.8. The van der Waals surface area contributed by atoms with Gasteiger partial charge in [-0.05, 0) is 20.3 Å². The van der Waals surface area contributed by atoms with E-state index in [0.29, 0.717) is 12.7 Å². The van der Waals surface area contributed by atoms with E-state index in [1.807, 2.05) is 6.92 Å². The first-order valence-corrected chi connectivity index (χ1v) is 11.3. The number of aldehydes is 1. The molecule has 0 bridgehead atoms. The van der Waals surface area contributed by atoms with Crippen LogP contribution < -0.4 is 11.1 Å². The zero-order valence-corrected chi connectivity index (χ0v) is 20.0. The molecule has 1 amide bonds. The van der Waals surface area contributed by atoms with Gasteiger partial charge in [-0.1, -0.05) is 13.8 Å². The van der Waals surface area contributed by atoms with E-state index in [9.17, 15) is 31.5 Å². The number of alkyl halides is 5. The molecule has 0 aliphatic carbocycles. The van der Waals surface area contributed by atoms with Crippen molar-refractivity contribution in [3.8, 4) is 0 Å². The molecule has 0 radical (unpaired) electrons. The van der Waals surface area contributed by atoms with Gasteiger partial charge >= 0.3 is 6.18 Å². The van der Waals surface area contributed by atoms with Crippen molar-refractivity contribution in [3.05, 3.63) is 22.8 Å². The number of carbonyl (C=O) groups is 2. The highest BCUT2D eigenvalue weighted by Crippen LogP contribution is 2.33. The van der Waals surface area contributed by atoms with E-state index in [4.69, 9.17) is 5.73 Å². The van der Waals surface area contributed by atoms with Gasteiger partial charge in [0, 0.05) is 49.9 Å². The molecule has 0 saturated carbocycles. The van der Waals surface area contributed by atoms with E-state index in [1.165, 1.54) is 11.8 Å². The van der Waals surface area contributed by atoms with Crippen molar-refractivity contribution in [3.63, 3.8) is 0 Å². The molecule has 194 valence electrons. The molecule has 0 aliphatic rings. The van der Waals surface area contributed by atoms with E-state index in [0.717, 1.165) is 0 Å². The molecule has 34 heavy (non-hydrogen) atoms. The highest BCUT2D eigenvalue weighted by molar-refractivity contribution is 5.76. The van der Waals surface area contributed by atoms with Gasteiger partial charge < -0.3 is 20.7 Å². The summed E-state index contributed by atoms with van der Waals surface area (Å²) in [6.45, 7) is 5.79. The lowest BCUT2D eigenvalue weighted by molar-refractivity contribution is -0.142. The van der Waals surface area contributed by atoms with Crippen molar-refractivity contribution in [2.45, 2.75) is 84.0 Å². The Hall–Kier alpha value is -2.21. The summed E-state index contributed by atoms with van der Waals surface area (Å²) in [5, 5.41) is 2.50. The first-order valence-electron chi connectivity index (χ1n) is 11.3. The minimum atomic E-state index is -4.66. The van der Waals surface area contributed by atoms with Crippen LogP contribution >= 0.6 is 0 Å². The number of hydrogen-bond acceptors (Lipinski definition) is 6. The van der Waals surface area contributed by atoms with E-state index < -0.39 is 42.7 Å². The maximum atomic E-state index is 13.6. The monoisotopic (exact) mass is 495 g/mol. The molecular formula is C22H34F5N5O2. The molecule has 1 heterocycles. The fourth-order valence-corrected chi connectivity index (χ4v) is 3.20. The molecule has 1 aromatic rings. The van der Waals surface area contributed by atoms with Crippen molar-refractivity contribution >= 4 is 12.2 Å². The fourth-order valence-electron chi connectivity index (χ4n) is 3.20. The number of amides is 1. The molecule has 1 rings (SSSR count). The molecule has 2 atom stereocenters. The number of hydrogen-bond donors (Lipinski definition) is 2. The van der Waals surface area contributed by atoms with E-state index in [1.54, 1.807) is 13.8 Å². The van der Waals surface area contributed by atoms with Crippen LogP contribution in [0.25, 0.3) is 0 Å². The average molecular weight is 496 g/mol. The van der Waals surface area contributed by atoms with Crippen LogP contribution in [-0.2, 0) is 22.3 Å². The molecule has 1 aromatic heterocycles. The Morgan fingerprint density at radius 3 is 2.38 bits per heavy atom. The third-order valence-electron chi connectivity index (χ3n) is 5.52. The summed E-state index contributed by atoms with van der Waals surface area (Å²) in [5.74, 6) is -3.74. The maximum absolute atomic E-state index is 13.6. The Morgan fingerprint density at radius 1 is 1.21 bits per heavy atom. The molecule has 0 spiro atoms. The molecule has 7 nitrogen and oxygen atoms in total. The third-order valence-corrected chi connectivity index (χ3v) is 5.52. The zero-order chi connectivity index (χ0) is 26.1. The summed E-state index contributed by atoms with van der Waals surface area (Å²) in [7, 11) is 0. The zero-order valence-electron chi connectivity index (χ0n) is 20.0. The van der Waals surface area contributed by atoms with Crippen molar-refractivity contribution in [1.82, 2.24) is 20.2 Å². The second kappa shape index (κ2) is 13.0. The third kappa shape index (κ3) is 9.21. The molecule has 0 saturated heterocycles. The molecule has 1 unspecified atom stereocenters. The van der Waals surface area contributed by atoms with Crippen molar-refractivity contribution in [2.75, 3.05) is 19.6 Å². The number of aromatic nitrogens is 2. The van der Waals surface area contributed by atoms with Gasteiger partial charge in [0.15, 0.2) is 5.69 Å². The van der Waals surface area contributed by atoms with Gasteiger partial charge in [0.1, 0.15) is 12.1 Å². The van der Waals surface area contributed by atoms with E-state index >= 15 is 0 Å². The predicted octanol–water partition coefficient (Wildman–Crippen LogP) is 3.59. The fraction of sp³-hybridized carbons (Fsp3) is 0.727. The van der Waals surface area contributed by atoms with Gasteiger partial charge in [0.25, 0.3) is 5.92 Å². The standard InChI is InChI=1S/C22H34F5N5O2/c1-5-14(3)20-30-17(15(4)19(31-20)22(25,26)27)12-32(6-2)18(34)10-16(28)11-29-13-21(23,24)8-7-9-33/h9,14,16,29H,5-8,10-13,28H2,1-4H3/t14?,16-/m0/s1. The average Bonchev–Trinajstić information content (AvgIpc) is 2.75. The van der Waals surface area contributed by atoms with Crippen molar-refractivity contribution < 1.29 is 31.5 Å². The number of halogens is 5. The number of carbonyl (C=O) groups excluding carboxylic acids is 2. The quantitative estimate of drug-likeness (QED) is 0.302. The smallest absolute Gasteiger partial charge is 0.337 e. The minimum Gasteiger partial charge on any atom is -0.337 e. The Bertz CT molecular complexity index is 820. The van der Waals surface area contributed by atoms with Crippen molar-refractivity contribution in [1.29, 1.82) is 0 Å². The van der Waals surface area contributed by atoms with Crippen LogP contribution in [0.2, 0.25) is 0 Å². The lowest BCUT2D eigenvalue weighted by atomic mass is 10.1. The Kier molecular flexibility index (Phi) is 11.4. The molecule has 0 aromatic carbocycles. The van der Waals surface area contributed by atoms with Gasteiger partial charge in [-0.2, -0.15) is 13.2 Å². The molecule has 3 N–H and O–H groups in total. The highest BCUT2D eigenvalue weighted by Gasteiger charge is 2.37. The summed E-state index contributed by atoms with van der Waals surface area (Å²) in [4.78, 5) is 32.3. The topological polar surface area (TPSA) is 101 Å². The number of nitrogens with zero attached hydrogens (tertiary/aromatic N) is 3. The van der Waals surface area contributed by atoms with E-state index in [-0.39, 0.29) is 55.5 Å². The van der Waals surface area contributed by atoms with Gasteiger partial charge in [-0.3, -0.25) is 4.79 Å². The maximum Gasteiger partial charge on any atom is 0.433 e. The number of rotatable bonds is 14. The van der Waals surface area contributed by atoms with Crippen molar-refractivity contribution in [2.24, 2.45) is 5.73 Å². The Labute approximate surface area is 196 Å². The summed E-state index contributed by atoms with van der Waals surface area (Å²) >= 11 is 0. The Morgan fingerprint density at radius 2 is 1.85 bits per heavy atom. The second-order valence-electron chi connectivity index (χ2n) is 8.37.